The summed E-state index contributed by atoms with van der Waals surface area (Å²) < 4.78 is 5.76. The topological polar surface area (TPSA) is 58.6 Å². The number of aromatic nitrogens is 2. The van der Waals surface area contributed by atoms with Crippen LogP contribution in [-0.4, -0.2) is 53.6 Å². The van der Waals surface area contributed by atoms with Crippen molar-refractivity contribution in [2.75, 3.05) is 37.7 Å². The van der Waals surface area contributed by atoms with Gasteiger partial charge in [-0.15, -0.1) is 0 Å². The van der Waals surface area contributed by atoms with Crippen molar-refractivity contribution in [3.8, 4) is 17.0 Å². The van der Waals surface area contributed by atoms with E-state index in [0.29, 0.717) is 25.3 Å². The first-order chi connectivity index (χ1) is 14.3. The Morgan fingerprint density at radius 3 is 2.38 bits per heavy atom. The molecule has 148 valence electrons. The Hall–Kier alpha value is -3.41. The van der Waals surface area contributed by atoms with E-state index in [-0.39, 0.29) is 5.91 Å². The van der Waals surface area contributed by atoms with Crippen molar-refractivity contribution in [2.24, 2.45) is 0 Å². The summed E-state index contributed by atoms with van der Waals surface area (Å²) in [5.74, 6) is 1.73. The van der Waals surface area contributed by atoms with Crippen LogP contribution in [0.25, 0.3) is 11.3 Å². The molecule has 0 atom stereocenters. The van der Waals surface area contributed by atoms with Crippen LogP contribution in [0.4, 0.5) is 5.82 Å². The van der Waals surface area contributed by atoms with Crippen LogP contribution in [0.1, 0.15) is 17.3 Å². The molecule has 0 N–H and O–H groups in total. The number of carbonyl (C=O) groups is 1. The Labute approximate surface area is 170 Å². The smallest absolute Gasteiger partial charge is 0.254 e. The molecule has 6 nitrogen and oxygen atoms in total. The largest absolute Gasteiger partial charge is 0.493 e. The first kappa shape index (κ1) is 18.9. The highest BCUT2D eigenvalue weighted by atomic mass is 16.5. The molecule has 1 aliphatic rings. The summed E-state index contributed by atoms with van der Waals surface area (Å²) in [6.45, 7) is 5.38. The monoisotopic (exact) mass is 388 g/mol. The van der Waals surface area contributed by atoms with Gasteiger partial charge in [-0.2, -0.15) is 0 Å². The van der Waals surface area contributed by atoms with Gasteiger partial charge in [-0.25, -0.2) is 4.98 Å². The molecule has 1 fully saturated rings. The van der Waals surface area contributed by atoms with Crippen molar-refractivity contribution in [1.29, 1.82) is 0 Å². The van der Waals surface area contributed by atoms with Gasteiger partial charge in [-0.05, 0) is 49.4 Å². The highest BCUT2D eigenvalue weighted by molar-refractivity contribution is 5.96. The van der Waals surface area contributed by atoms with Crippen LogP contribution >= 0.6 is 0 Å². The summed E-state index contributed by atoms with van der Waals surface area (Å²) in [6, 6.07) is 17.2. The van der Waals surface area contributed by atoms with Crippen molar-refractivity contribution in [2.45, 2.75) is 6.92 Å². The number of rotatable bonds is 5. The van der Waals surface area contributed by atoms with E-state index in [9.17, 15) is 4.79 Å². The number of hydrogen-bond acceptors (Lipinski definition) is 5. The molecule has 1 amide bonds. The maximum atomic E-state index is 13.1. The zero-order chi connectivity index (χ0) is 20.1. The van der Waals surface area contributed by atoms with Crippen LogP contribution in [-0.2, 0) is 0 Å². The Balaban J connectivity index is 1.52. The third-order valence-corrected chi connectivity index (χ3v) is 5.01. The second-order valence-electron chi connectivity index (χ2n) is 6.83. The molecule has 4 rings (SSSR count). The van der Waals surface area contributed by atoms with Crippen LogP contribution < -0.4 is 9.64 Å². The minimum absolute atomic E-state index is 0.0332. The first-order valence-corrected chi connectivity index (χ1v) is 9.90. The second kappa shape index (κ2) is 8.73. The molecule has 1 aliphatic heterocycles. The molecule has 0 unspecified atom stereocenters. The predicted octanol–water partition coefficient (Wildman–Crippen LogP) is 3.50. The van der Waals surface area contributed by atoms with Gasteiger partial charge in [0.15, 0.2) is 0 Å². The highest BCUT2D eigenvalue weighted by Crippen LogP contribution is 2.30. The normalized spacial score (nSPS) is 14.0. The molecular weight excluding hydrogens is 364 g/mol. The molecule has 1 saturated heterocycles. The van der Waals surface area contributed by atoms with Crippen molar-refractivity contribution in [3.63, 3.8) is 0 Å². The standard InChI is InChI=1S/C23H24N4O2/c1-2-29-21-10-9-18(17-19(21)20-7-3-5-11-24-20)23(28)27-15-13-26(14-16-27)22-8-4-6-12-25-22/h3-12,17H,2,13-16H2,1H3. The van der Waals surface area contributed by atoms with E-state index in [0.717, 1.165) is 35.9 Å². The van der Waals surface area contributed by atoms with Crippen LogP contribution in [0.5, 0.6) is 5.75 Å². The van der Waals surface area contributed by atoms with E-state index in [2.05, 4.69) is 14.9 Å². The number of anilines is 1. The average Bonchev–Trinajstić information content (AvgIpc) is 2.80. The number of carbonyl (C=O) groups excluding carboxylic acids is 1. The third kappa shape index (κ3) is 4.21. The quantitative estimate of drug-likeness (QED) is 0.670. The van der Waals surface area contributed by atoms with Gasteiger partial charge in [0, 0.05) is 49.7 Å². The van der Waals surface area contributed by atoms with Gasteiger partial charge < -0.3 is 14.5 Å². The van der Waals surface area contributed by atoms with E-state index < -0.39 is 0 Å². The number of amides is 1. The summed E-state index contributed by atoms with van der Waals surface area (Å²) in [4.78, 5) is 26.1. The number of ether oxygens (including phenoxy) is 1. The fourth-order valence-electron chi connectivity index (χ4n) is 3.53. The lowest BCUT2D eigenvalue weighted by molar-refractivity contribution is 0.0746. The summed E-state index contributed by atoms with van der Waals surface area (Å²) >= 11 is 0. The van der Waals surface area contributed by atoms with Gasteiger partial charge in [0.2, 0.25) is 0 Å². The van der Waals surface area contributed by atoms with Crippen LogP contribution in [0.2, 0.25) is 0 Å². The molecule has 6 heteroatoms. The molecule has 29 heavy (non-hydrogen) atoms. The zero-order valence-corrected chi connectivity index (χ0v) is 16.5. The van der Waals surface area contributed by atoms with E-state index in [1.165, 1.54) is 0 Å². The number of hydrogen-bond donors (Lipinski definition) is 0. The van der Waals surface area contributed by atoms with Gasteiger partial charge in [0.05, 0.1) is 12.3 Å². The van der Waals surface area contributed by atoms with Crippen LogP contribution in [0, 0.1) is 0 Å². The van der Waals surface area contributed by atoms with Gasteiger partial charge in [-0.3, -0.25) is 9.78 Å². The van der Waals surface area contributed by atoms with Crippen LogP contribution in [0.3, 0.4) is 0 Å². The number of benzene rings is 1. The molecule has 0 radical (unpaired) electrons. The van der Waals surface area contributed by atoms with Crippen molar-refractivity contribution < 1.29 is 9.53 Å². The lowest BCUT2D eigenvalue weighted by Gasteiger charge is -2.35. The zero-order valence-electron chi connectivity index (χ0n) is 16.5. The van der Waals surface area contributed by atoms with Gasteiger partial charge in [-0.1, -0.05) is 12.1 Å². The van der Waals surface area contributed by atoms with Gasteiger partial charge >= 0.3 is 0 Å². The number of nitrogens with zero attached hydrogens (tertiary/aromatic N) is 4. The summed E-state index contributed by atoms with van der Waals surface area (Å²) in [5.41, 5.74) is 2.29. The third-order valence-electron chi connectivity index (χ3n) is 5.01. The number of piperazine rings is 1. The van der Waals surface area contributed by atoms with Gasteiger partial charge in [0.25, 0.3) is 5.91 Å². The molecule has 3 heterocycles. The Morgan fingerprint density at radius 1 is 0.966 bits per heavy atom. The highest BCUT2D eigenvalue weighted by Gasteiger charge is 2.23. The minimum atomic E-state index is 0.0332. The molecule has 0 bridgehead atoms. The molecule has 1 aromatic carbocycles. The lowest BCUT2D eigenvalue weighted by atomic mass is 10.0. The molecule has 3 aromatic rings. The van der Waals surface area contributed by atoms with Crippen molar-refractivity contribution >= 4 is 11.7 Å². The Bertz CT molecular complexity index is 955. The fourth-order valence-corrected chi connectivity index (χ4v) is 3.53. The molecule has 0 aliphatic carbocycles. The van der Waals surface area contributed by atoms with Gasteiger partial charge in [0.1, 0.15) is 11.6 Å². The fraction of sp³-hybridized carbons (Fsp3) is 0.261. The minimum Gasteiger partial charge on any atom is -0.493 e. The Kier molecular flexibility index (Phi) is 5.70. The maximum absolute atomic E-state index is 13.1. The molecule has 2 aromatic heterocycles. The van der Waals surface area contributed by atoms with Crippen molar-refractivity contribution in [1.82, 2.24) is 14.9 Å². The van der Waals surface area contributed by atoms with Crippen molar-refractivity contribution in [3.05, 3.63) is 72.6 Å². The summed E-state index contributed by atoms with van der Waals surface area (Å²) in [5, 5.41) is 0. The average molecular weight is 388 g/mol. The van der Waals surface area contributed by atoms with E-state index in [4.69, 9.17) is 4.74 Å². The van der Waals surface area contributed by atoms with Crippen LogP contribution in [0.15, 0.2) is 67.0 Å². The van der Waals surface area contributed by atoms with E-state index in [1.54, 1.807) is 12.4 Å². The predicted molar refractivity (Wildman–Crippen MR) is 113 cm³/mol. The molecule has 0 spiro atoms. The molecular formula is C23H24N4O2. The Morgan fingerprint density at radius 2 is 1.72 bits per heavy atom. The molecule has 0 saturated carbocycles. The van der Waals surface area contributed by atoms with E-state index in [1.807, 2.05) is 66.4 Å². The number of pyridine rings is 2. The lowest BCUT2D eigenvalue weighted by Crippen LogP contribution is -2.49. The second-order valence-corrected chi connectivity index (χ2v) is 6.83. The first-order valence-electron chi connectivity index (χ1n) is 9.90. The van der Waals surface area contributed by atoms with E-state index >= 15 is 0 Å². The SMILES string of the molecule is CCOc1ccc(C(=O)N2CCN(c3ccccn3)CC2)cc1-c1ccccn1. The summed E-state index contributed by atoms with van der Waals surface area (Å²) in [6.07, 6.45) is 3.54. The maximum Gasteiger partial charge on any atom is 0.254 e. The summed E-state index contributed by atoms with van der Waals surface area (Å²) in [7, 11) is 0.